The van der Waals surface area contributed by atoms with Crippen LogP contribution in [0.2, 0.25) is 0 Å². The molecule has 0 radical (unpaired) electrons. The van der Waals surface area contributed by atoms with E-state index < -0.39 is 0 Å². The first-order chi connectivity index (χ1) is 6.75. The maximum absolute atomic E-state index is 11.4. The van der Waals surface area contributed by atoms with Crippen LogP contribution in [0.1, 0.15) is 11.4 Å². The number of nitrogens with zero attached hydrogens (tertiary/aromatic N) is 1. The molecule has 3 N–H and O–H groups in total. The third-order valence-corrected chi connectivity index (χ3v) is 2.35. The van der Waals surface area contributed by atoms with E-state index in [1.807, 2.05) is 13.0 Å². The Morgan fingerprint density at radius 1 is 1.67 bits per heavy atom. The van der Waals surface area contributed by atoms with Gasteiger partial charge in [0.2, 0.25) is 5.91 Å². The van der Waals surface area contributed by atoms with Crippen molar-refractivity contribution in [1.82, 2.24) is 20.8 Å². The van der Waals surface area contributed by atoms with Gasteiger partial charge in [-0.1, -0.05) is 0 Å². The fourth-order valence-corrected chi connectivity index (χ4v) is 1.36. The summed E-state index contributed by atoms with van der Waals surface area (Å²) < 4.78 is 0. The van der Waals surface area contributed by atoms with E-state index in [1.54, 1.807) is 0 Å². The van der Waals surface area contributed by atoms with Gasteiger partial charge in [0.05, 0.1) is 18.2 Å². The molecule has 6 heteroatoms. The Kier molecular flexibility index (Phi) is 4.11. The molecular formula is C9H15ClN4O. The molecule has 1 amide bonds. The molecule has 0 bridgehead atoms. The number of carbonyl (C=O) groups is 1. The molecule has 1 aromatic rings. The van der Waals surface area contributed by atoms with Crippen molar-refractivity contribution in [3.63, 3.8) is 0 Å². The van der Waals surface area contributed by atoms with E-state index in [1.165, 1.54) is 0 Å². The van der Waals surface area contributed by atoms with Crippen LogP contribution in [0.4, 0.5) is 0 Å². The number of hydrogen-bond donors (Lipinski definition) is 3. The third-order valence-electron chi connectivity index (χ3n) is 2.35. The second-order valence-electron chi connectivity index (χ2n) is 3.62. The van der Waals surface area contributed by atoms with E-state index in [0.717, 1.165) is 24.5 Å². The van der Waals surface area contributed by atoms with Gasteiger partial charge >= 0.3 is 0 Å². The number of H-pyrrole nitrogens is 1. The van der Waals surface area contributed by atoms with Crippen LogP contribution in [-0.2, 0) is 11.3 Å². The van der Waals surface area contributed by atoms with E-state index in [4.69, 9.17) is 0 Å². The highest BCUT2D eigenvalue weighted by Gasteiger charge is 2.24. The Bertz CT molecular complexity index is 335. The van der Waals surface area contributed by atoms with Crippen LogP contribution < -0.4 is 10.6 Å². The zero-order valence-corrected chi connectivity index (χ0v) is 9.36. The number of carbonyl (C=O) groups excluding carboxylic acids is 1. The monoisotopic (exact) mass is 230 g/mol. The SMILES string of the molecule is Cc1cc(CNC(=O)C2CNC2)n[nH]1.Cl. The molecule has 0 aromatic carbocycles. The molecule has 0 unspecified atom stereocenters. The Morgan fingerprint density at radius 2 is 2.40 bits per heavy atom. The Labute approximate surface area is 94.4 Å². The second-order valence-corrected chi connectivity index (χ2v) is 3.62. The average Bonchev–Trinajstić information content (AvgIpc) is 2.45. The highest BCUT2D eigenvalue weighted by atomic mass is 35.5. The number of rotatable bonds is 3. The molecule has 1 fully saturated rings. The molecule has 5 nitrogen and oxygen atoms in total. The number of nitrogens with one attached hydrogen (secondary N) is 3. The van der Waals surface area contributed by atoms with Crippen molar-refractivity contribution in [2.45, 2.75) is 13.5 Å². The van der Waals surface area contributed by atoms with Crippen molar-refractivity contribution in [3.8, 4) is 0 Å². The van der Waals surface area contributed by atoms with E-state index in [9.17, 15) is 4.79 Å². The van der Waals surface area contributed by atoms with Crippen molar-refractivity contribution in [1.29, 1.82) is 0 Å². The van der Waals surface area contributed by atoms with Gasteiger partial charge in [-0.2, -0.15) is 5.10 Å². The van der Waals surface area contributed by atoms with Crippen LogP contribution in [0.25, 0.3) is 0 Å². The van der Waals surface area contributed by atoms with E-state index in [-0.39, 0.29) is 24.2 Å². The minimum Gasteiger partial charge on any atom is -0.350 e. The summed E-state index contributed by atoms with van der Waals surface area (Å²) in [6.45, 7) is 4.05. The first-order valence-corrected chi connectivity index (χ1v) is 4.75. The highest BCUT2D eigenvalue weighted by molar-refractivity contribution is 5.85. The zero-order valence-electron chi connectivity index (χ0n) is 8.54. The number of aromatic nitrogens is 2. The molecule has 84 valence electrons. The number of aryl methyl sites for hydroxylation is 1. The van der Waals surface area contributed by atoms with Gasteiger partial charge in [-0.05, 0) is 13.0 Å². The highest BCUT2D eigenvalue weighted by Crippen LogP contribution is 2.03. The van der Waals surface area contributed by atoms with Crippen molar-refractivity contribution in [2.24, 2.45) is 5.92 Å². The van der Waals surface area contributed by atoms with Gasteiger partial charge in [-0.15, -0.1) is 12.4 Å². The van der Waals surface area contributed by atoms with E-state index in [2.05, 4.69) is 20.8 Å². The van der Waals surface area contributed by atoms with Crippen LogP contribution >= 0.6 is 12.4 Å². The fraction of sp³-hybridized carbons (Fsp3) is 0.556. The molecule has 15 heavy (non-hydrogen) atoms. The predicted octanol–water partition coefficient (Wildman–Crippen LogP) is -0.0245. The van der Waals surface area contributed by atoms with Gasteiger partial charge in [0, 0.05) is 18.8 Å². The van der Waals surface area contributed by atoms with Gasteiger partial charge in [0.1, 0.15) is 0 Å². The summed E-state index contributed by atoms with van der Waals surface area (Å²) in [6.07, 6.45) is 0. The largest absolute Gasteiger partial charge is 0.350 e. The first kappa shape index (κ1) is 12.0. The smallest absolute Gasteiger partial charge is 0.226 e. The molecule has 1 aromatic heterocycles. The van der Waals surface area contributed by atoms with Gasteiger partial charge < -0.3 is 10.6 Å². The summed E-state index contributed by atoms with van der Waals surface area (Å²) in [7, 11) is 0. The second kappa shape index (κ2) is 5.14. The molecular weight excluding hydrogens is 216 g/mol. The molecule has 0 aliphatic carbocycles. The van der Waals surface area contributed by atoms with Crippen LogP contribution in [0.3, 0.4) is 0 Å². The summed E-state index contributed by atoms with van der Waals surface area (Å²) in [5.74, 6) is 0.263. The number of hydrogen-bond acceptors (Lipinski definition) is 3. The van der Waals surface area contributed by atoms with Gasteiger partial charge in [0.15, 0.2) is 0 Å². The Hall–Kier alpha value is -1.07. The van der Waals surface area contributed by atoms with Crippen LogP contribution in [0, 0.1) is 12.8 Å². The first-order valence-electron chi connectivity index (χ1n) is 4.75. The van der Waals surface area contributed by atoms with Gasteiger partial charge in [-0.3, -0.25) is 9.89 Å². The number of amides is 1. The Balaban J connectivity index is 0.00000112. The average molecular weight is 231 g/mol. The summed E-state index contributed by atoms with van der Waals surface area (Å²) >= 11 is 0. The quantitative estimate of drug-likeness (QED) is 0.684. The van der Waals surface area contributed by atoms with E-state index >= 15 is 0 Å². The lowest BCUT2D eigenvalue weighted by Crippen LogP contribution is -2.50. The summed E-state index contributed by atoms with van der Waals surface area (Å²) in [6, 6.07) is 1.93. The third kappa shape index (κ3) is 2.94. The molecule has 2 rings (SSSR count). The normalized spacial score (nSPS) is 15.3. The van der Waals surface area contributed by atoms with Gasteiger partial charge in [0.25, 0.3) is 0 Å². The summed E-state index contributed by atoms with van der Waals surface area (Å²) in [4.78, 5) is 11.4. The minimum atomic E-state index is 0. The molecule has 0 atom stereocenters. The number of halogens is 1. The topological polar surface area (TPSA) is 69.8 Å². The number of aromatic amines is 1. The van der Waals surface area contributed by atoms with Crippen LogP contribution in [0.15, 0.2) is 6.07 Å². The Morgan fingerprint density at radius 3 is 2.87 bits per heavy atom. The lowest BCUT2D eigenvalue weighted by Gasteiger charge is -2.25. The van der Waals surface area contributed by atoms with Crippen molar-refractivity contribution >= 4 is 18.3 Å². The maximum Gasteiger partial charge on any atom is 0.226 e. The lowest BCUT2D eigenvalue weighted by molar-refractivity contribution is -0.126. The molecule has 0 saturated carbocycles. The van der Waals surface area contributed by atoms with Crippen LogP contribution in [0.5, 0.6) is 0 Å². The zero-order chi connectivity index (χ0) is 9.97. The summed E-state index contributed by atoms with van der Waals surface area (Å²) in [5, 5.41) is 12.8. The van der Waals surface area contributed by atoms with Crippen molar-refractivity contribution in [2.75, 3.05) is 13.1 Å². The molecule has 1 aliphatic heterocycles. The van der Waals surface area contributed by atoms with Crippen molar-refractivity contribution in [3.05, 3.63) is 17.5 Å². The standard InChI is InChI=1S/C9H14N4O.ClH/c1-6-2-8(13-12-6)5-11-9(14)7-3-10-4-7;/h2,7,10H,3-5H2,1H3,(H,11,14)(H,12,13);1H. The molecule has 0 spiro atoms. The fourth-order valence-electron chi connectivity index (χ4n) is 1.36. The maximum atomic E-state index is 11.4. The van der Waals surface area contributed by atoms with E-state index in [0.29, 0.717) is 6.54 Å². The lowest BCUT2D eigenvalue weighted by atomic mass is 10.0. The van der Waals surface area contributed by atoms with Crippen molar-refractivity contribution < 1.29 is 4.79 Å². The van der Waals surface area contributed by atoms with Crippen LogP contribution in [-0.4, -0.2) is 29.2 Å². The van der Waals surface area contributed by atoms with Gasteiger partial charge in [-0.25, -0.2) is 0 Å². The minimum absolute atomic E-state index is 0. The predicted molar refractivity (Wildman–Crippen MR) is 58.8 cm³/mol. The molecule has 1 aliphatic rings. The molecule has 1 saturated heterocycles. The molecule has 2 heterocycles. The summed E-state index contributed by atoms with van der Waals surface area (Å²) in [5.41, 5.74) is 1.89.